The molecule has 1 nitrogen and oxygen atoms in total. The van der Waals surface area contributed by atoms with Gasteiger partial charge in [-0.3, -0.25) is 4.79 Å². The Balaban J connectivity index is 3.36. The van der Waals surface area contributed by atoms with Crippen molar-refractivity contribution in [2.75, 3.05) is 0 Å². The molecule has 1 rings (SSSR count). The molecule has 0 saturated heterocycles. The predicted molar refractivity (Wildman–Crippen MR) is 56.0 cm³/mol. The highest BCUT2D eigenvalue weighted by molar-refractivity contribution is 6.33. The van der Waals surface area contributed by atoms with E-state index in [1.54, 1.807) is 0 Å². The van der Waals surface area contributed by atoms with Gasteiger partial charge >= 0.3 is 0 Å². The largest absolute Gasteiger partial charge is 0.298 e. The first-order chi connectivity index (χ1) is 6.24. The minimum Gasteiger partial charge on any atom is -0.298 e. The van der Waals surface area contributed by atoms with Crippen LogP contribution in [-0.2, 0) is 12.8 Å². The van der Waals surface area contributed by atoms with E-state index in [1.165, 1.54) is 0 Å². The predicted octanol–water partition coefficient (Wildman–Crippen LogP) is 1.42. The summed E-state index contributed by atoms with van der Waals surface area (Å²) in [4.78, 5) is 10.9. The number of benzene rings is 1. The molecule has 0 aliphatic heterocycles. The highest BCUT2D eigenvalue weighted by atomic mass is 16.1. The van der Waals surface area contributed by atoms with Crippen LogP contribution in [-0.4, -0.2) is 14.1 Å². The Morgan fingerprint density at radius 2 is 2.00 bits per heavy atom. The maximum atomic E-state index is 10.9. The summed E-state index contributed by atoms with van der Waals surface area (Å²) in [7, 11) is 5.77. The van der Waals surface area contributed by atoms with Crippen LogP contribution in [0.3, 0.4) is 0 Å². The molecule has 2 heteroatoms. The number of aldehydes is 1. The number of hydrogen-bond acceptors (Lipinski definition) is 1. The van der Waals surface area contributed by atoms with Gasteiger partial charge in [-0.05, 0) is 24.0 Å². The standard InChI is InChI=1S/C11H13BO/c1-3-8-5-6-11(12)9(4-2)10(8)7-13/h5-7H,3-4H2,1-2H3. The first-order valence-corrected chi connectivity index (χ1v) is 4.60. The van der Waals surface area contributed by atoms with E-state index >= 15 is 0 Å². The second kappa shape index (κ2) is 4.26. The number of carbonyl (C=O) groups excluding carboxylic acids is 1. The third-order valence-corrected chi connectivity index (χ3v) is 2.34. The van der Waals surface area contributed by atoms with Crippen LogP contribution in [0, 0.1) is 0 Å². The Labute approximate surface area is 80.6 Å². The summed E-state index contributed by atoms with van der Waals surface area (Å²) in [6.07, 6.45) is 2.60. The topological polar surface area (TPSA) is 17.1 Å². The average Bonchev–Trinajstić information content (AvgIpc) is 2.17. The molecule has 0 spiro atoms. The monoisotopic (exact) mass is 172 g/mol. The van der Waals surface area contributed by atoms with Gasteiger partial charge in [0.1, 0.15) is 7.85 Å². The third-order valence-electron chi connectivity index (χ3n) is 2.34. The van der Waals surface area contributed by atoms with Crippen molar-refractivity contribution in [2.24, 2.45) is 0 Å². The van der Waals surface area contributed by atoms with Crippen LogP contribution < -0.4 is 5.46 Å². The van der Waals surface area contributed by atoms with Gasteiger partial charge in [0.2, 0.25) is 0 Å². The molecular weight excluding hydrogens is 159 g/mol. The molecule has 0 fully saturated rings. The van der Waals surface area contributed by atoms with Crippen molar-refractivity contribution in [3.05, 3.63) is 28.8 Å². The lowest BCUT2D eigenvalue weighted by Gasteiger charge is -2.10. The lowest BCUT2D eigenvalue weighted by molar-refractivity contribution is 0.112. The number of rotatable bonds is 3. The zero-order valence-electron chi connectivity index (χ0n) is 8.13. The van der Waals surface area contributed by atoms with Crippen molar-refractivity contribution >= 4 is 19.6 Å². The summed E-state index contributed by atoms with van der Waals surface area (Å²) in [5.74, 6) is 0. The average molecular weight is 172 g/mol. The zero-order chi connectivity index (χ0) is 9.84. The Kier molecular flexibility index (Phi) is 3.29. The molecular formula is C11H13BO. The van der Waals surface area contributed by atoms with Gasteiger partial charge in [-0.25, -0.2) is 0 Å². The van der Waals surface area contributed by atoms with Crippen LogP contribution in [0.1, 0.15) is 35.3 Å². The molecule has 0 aromatic heterocycles. The maximum Gasteiger partial charge on any atom is 0.150 e. The fraction of sp³-hybridized carbons (Fsp3) is 0.364. The van der Waals surface area contributed by atoms with Crippen molar-refractivity contribution in [1.82, 2.24) is 0 Å². The van der Waals surface area contributed by atoms with Crippen molar-refractivity contribution in [3.8, 4) is 0 Å². The van der Waals surface area contributed by atoms with Crippen LogP contribution in [0.25, 0.3) is 0 Å². The van der Waals surface area contributed by atoms with E-state index in [0.717, 1.165) is 41.3 Å². The minimum atomic E-state index is 0.724. The molecule has 0 saturated carbocycles. The molecule has 0 bridgehead atoms. The number of hydrogen-bond donors (Lipinski definition) is 0. The molecule has 1 aromatic rings. The normalized spacial score (nSPS) is 10.0. The van der Waals surface area contributed by atoms with Crippen molar-refractivity contribution in [3.63, 3.8) is 0 Å². The first kappa shape index (κ1) is 10.0. The molecule has 13 heavy (non-hydrogen) atoms. The molecule has 1 aromatic carbocycles. The van der Waals surface area contributed by atoms with Gasteiger partial charge in [-0.2, -0.15) is 0 Å². The second-order valence-corrected chi connectivity index (χ2v) is 3.03. The van der Waals surface area contributed by atoms with Gasteiger partial charge in [-0.15, -0.1) is 0 Å². The Morgan fingerprint density at radius 1 is 1.31 bits per heavy atom. The van der Waals surface area contributed by atoms with Gasteiger partial charge in [-0.1, -0.05) is 31.4 Å². The van der Waals surface area contributed by atoms with Crippen LogP contribution in [0.5, 0.6) is 0 Å². The van der Waals surface area contributed by atoms with E-state index < -0.39 is 0 Å². The van der Waals surface area contributed by atoms with Crippen LogP contribution >= 0.6 is 0 Å². The molecule has 0 heterocycles. The van der Waals surface area contributed by atoms with Crippen LogP contribution in [0.4, 0.5) is 0 Å². The molecule has 0 aliphatic rings. The Hall–Kier alpha value is -1.05. The van der Waals surface area contributed by atoms with Crippen LogP contribution in [0.15, 0.2) is 12.1 Å². The fourth-order valence-corrected chi connectivity index (χ4v) is 1.58. The summed E-state index contributed by atoms with van der Waals surface area (Å²) < 4.78 is 0. The maximum absolute atomic E-state index is 10.9. The highest BCUT2D eigenvalue weighted by Gasteiger charge is 2.06. The summed E-state index contributed by atoms with van der Waals surface area (Å²) >= 11 is 0. The van der Waals surface area contributed by atoms with Gasteiger partial charge < -0.3 is 0 Å². The van der Waals surface area contributed by atoms with E-state index in [0.29, 0.717) is 0 Å². The zero-order valence-corrected chi connectivity index (χ0v) is 8.13. The van der Waals surface area contributed by atoms with E-state index in [1.807, 2.05) is 26.0 Å². The molecule has 0 amide bonds. The number of aryl methyl sites for hydroxylation is 1. The Bertz CT molecular complexity index is 318. The lowest BCUT2D eigenvalue weighted by atomic mass is 9.84. The smallest absolute Gasteiger partial charge is 0.150 e. The van der Waals surface area contributed by atoms with Crippen molar-refractivity contribution < 1.29 is 4.79 Å². The molecule has 0 N–H and O–H groups in total. The summed E-state index contributed by atoms with van der Waals surface area (Å²) in [6.45, 7) is 4.05. The highest BCUT2D eigenvalue weighted by Crippen LogP contribution is 2.11. The van der Waals surface area contributed by atoms with Gasteiger partial charge in [0.05, 0.1) is 0 Å². The summed E-state index contributed by atoms with van der Waals surface area (Å²) in [5.41, 5.74) is 3.57. The van der Waals surface area contributed by atoms with Gasteiger partial charge in [0.25, 0.3) is 0 Å². The molecule has 0 atom stereocenters. The summed E-state index contributed by atoms with van der Waals surface area (Å²) in [6, 6.07) is 3.81. The van der Waals surface area contributed by atoms with Gasteiger partial charge in [0, 0.05) is 5.56 Å². The quantitative estimate of drug-likeness (QED) is 0.497. The molecule has 66 valence electrons. The van der Waals surface area contributed by atoms with E-state index in [4.69, 9.17) is 7.85 Å². The third kappa shape index (κ3) is 1.82. The second-order valence-electron chi connectivity index (χ2n) is 3.03. The van der Waals surface area contributed by atoms with Crippen molar-refractivity contribution in [2.45, 2.75) is 26.7 Å². The number of carbonyl (C=O) groups is 1. The van der Waals surface area contributed by atoms with E-state index in [-0.39, 0.29) is 0 Å². The Morgan fingerprint density at radius 3 is 2.46 bits per heavy atom. The first-order valence-electron chi connectivity index (χ1n) is 4.60. The van der Waals surface area contributed by atoms with E-state index in [9.17, 15) is 4.79 Å². The van der Waals surface area contributed by atoms with Crippen molar-refractivity contribution in [1.29, 1.82) is 0 Å². The lowest BCUT2D eigenvalue weighted by Crippen LogP contribution is -2.14. The molecule has 2 radical (unpaired) electrons. The fourth-order valence-electron chi connectivity index (χ4n) is 1.58. The minimum absolute atomic E-state index is 0.724. The SMILES string of the molecule is [B]c1ccc(CC)c(C=O)c1CC. The molecule has 0 unspecified atom stereocenters. The summed E-state index contributed by atoms with van der Waals surface area (Å²) in [5, 5.41) is 0. The van der Waals surface area contributed by atoms with Crippen LogP contribution in [0.2, 0.25) is 0 Å². The van der Waals surface area contributed by atoms with E-state index in [2.05, 4.69) is 0 Å². The molecule has 0 aliphatic carbocycles. The van der Waals surface area contributed by atoms with Gasteiger partial charge in [0.15, 0.2) is 6.29 Å².